The minimum Gasteiger partial charge on any atom is -0.356 e. The highest BCUT2D eigenvalue weighted by Gasteiger charge is 2.13. The average Bonchev–Trinajstić information content (AvgIpc) is 2.86. The first-order valence-electron chi connectivity index (χ1n) is 10.4. The lowest BCUT2D eigenvalue weighted by Crippen LogP contribution is -1.92. The Morgan fingerprint density at radius 3 is 1.19 bits per heavy atom. The number of nitrogens with one attached hydrogen (secondary N) is 2. The molecular weight excluding hydrogens is 428 g/mol. The van der Waals surface area contributed by atoms with Gasteiger partial charge in [-0.2, -0.15) is 0 Å². The molecule has 0 radical (unpaired) electrons. The Morgan fingerprint density at radius 1 is 0.406 bits per heavy atom. The second kappa shape index (κ2) is 9.86. The fourth-order valence-corrected chi connectivity index (χ4v) is 5.44. The van der Waals surface area contributed by atoms with E-state index in [9.17, 15) is 0 Å². The molecule has 156 valence electrons. The van der Waals surface area contributed by atoms with E-state index >= 15 is 0 Å². The lowest BCUT2D eigenvalue weighted by Gasteiger charge is -2.16. The normalized spacial score (nSPS) is 13.1. The lowest BCUT2D eigenvalue weighted by molar-refractivity contribution is 1.54. The van der Waals surface area contributed by atoms with Crippen LogP contribution in [0.3, 0.4) is 0 Å². The van der Waals surface area contributed by atoms with E-state index in [1.807, 2.05) is 48.2 Å². The molecule has 2 N–H and O–H groups in total. The topological polar surface area (TPSA) is 24.1 Å². The van der Waals surface area contributed by atoms with E-state index in [0.29, 0.717) is 0 Å². The van der Waals surface area contributed by atoms with Gasteiger partial charge in [-0.3, -0.25) is 0 Å². The third kappa shape index (κ3) is 5.10. The van der Waals surface area contributed by atoms with Gasteiger partial charge in [0.2, 0.25) is 0 Å². The van der Waals surface area contributed by atoms with Crippen LogP contribution in [0.1, 0.15) is 11.1 Å². The van der Waals surface area contributed by atoms with Crippen molar-refractivity contribution in [2.45, 2.75) is 0 Å². The van der Waals surface area contributed by atoms with Crippen LogP contribution in [0, 0.1) is 0 Å². The van der Waals surface area contributed by atoms with E-state index in [4.69, 9.17) is 0 Å². The van der Waals surface area contributed by atoms with Gasteiger partial charge < -0.3 is 10.6 Å². The molecule has 0 saturated heterocycles. The molecule has 4 aromatic rings. The molecule has 0 spiro atoms. The van der Waals surface area contributed by atoms with Crippen molar-refractivity contribution in [2.24, 2.45) is 0 Å². The zero-order valence-electron chi connectivity index (χ0n) is 17.4. The highest BCUT2D eigenvalue weighted by Crippen LogP contribution is 2.45. The quantitative estimate of drug-likeness (QED) is 0.306. The number of thioether (sulfide) groups is 2. The molecule has 0 amide bonds. The van der Waals surface area contributed by atoms with E-state index in [1.165, 1.54) is 20.9 Å². The van der Waals surface area contributed by atoms with Crippen LogP contribution in [0.5, 0.6) is 0 Å². The van der Waals surface area contributed by atoms with Crippen molar-refractivity contribution >= 4 is 56.1 Å². The molecule has 1 aliphatic rings. The summed E-state index contributed by atoms with van der Waals surface area (Å²) < 4.78 is 0. The molecule has 0 unspecified atom stereocenters. The van der Waals surface area contributed by atoms with E-state index in [0.717, 1.165) is 22.7 Å². The van der Waals surface area contributed by atoms with Crippen molar-refractivity contribution in [1.82, 2.24) is 0 Å². The predicted molar refractivity (Wildman–Crippen MR) is 143 cm³/mol. The monoisotopic (exact) mass is 450 g/mol. The molecule has 0 saturated carbocycles. The lowest BCUT2D eigenvalue weighted by atomic mass is 10.2. The molecule has 0 aromatic heterocycles. The van der Waals surface area contributed by atoms with Crippen LogP contribution in [-0.4, -0.2) is 0 Å². The first-order valence-corrected chi connectivity index (χ1v) is 12.2. The molecule has 0 atom stereocenters. The molecule has 4 aromatic carbocycles. The third-order valence-corrected chi connectivity index (χ3v) is 7.22. The Morgan fingerprint density at radius 2 is 0.781 bits per heavy atom. The largest absolute Gasteiger partial charge is 0.356 e. The summed E-state index contributed by atoms with van der Waals surface area (Å²) in [5.74, 6) is 0. The van der Waals surface area contributed by atoms with Gasteiger partial charge >= 0.3 is 0 Å². The van der Waals surface area contributed by atoms with E-state index in [2.05, 4.69) is 94.2 Å². The average molecular weight is 451 g/mol. The van der Waals surface area contributed by atoms with Crippen LogP contribution in [0.15, 0.2) is 120 Å². The number of anilines is 4. The highest BCUT2D eigenvalue weighted by molar-refractivity contribution is 8.20. The number of rotatable bonds is 6. The molecule has 0 bridgehead atoms. The molecule has 2 nitrogen and oxygen atoms in total. The Labute approximate surface area is 197 Å². The summed E-state index contributed by atoms with van der Waals surface area (Å²) in [6, 6.07) is 37.7. The predicted octanol–water partition coefficient (Wildman–Crippen LogP) is 8.95. The summed E-state index contributed by atoms with van der Waals surface area (Å²) >= 11 is 3.56. The van der Waals surface area contributed by atoms with Crippen molar-refractivity contribution in [3.05, 3.63) is 131 Å². The molecular formula is C28H22N2S2. The zero-order chi connectivity index (χ0) is 21.6. The number of para-hydroxylation sites is 2. The second-order valence-electron chi connectivity index (χ2n) is 7.34. The number of benzene rings is 4. The SMILES string of the molecule is C1=C(c2ccc(Nc3ccccc3)cc2)SC(c2ccc(Nc3ccccc3)cc2)=CS1. The highest BCUT2D eigenvalue weighted by atomic mass is 32.2. The minimum atomic E-state index is 1.09. The summed E-state index contributed by atoms with van der Waals surface area (Å²) in [6.07, 6.45) is 0. The Kier molecular flexibility index (Phi) is 6.33. The van der Waals surface area contributed by atoms with Gasteiger partial charge in [-0.05, 0) is 70.5 Å². The Hall–Kier alpha value is -3.34. The van der Waals surface area contributed by atoms with Crippen LogP contribution in [0.2, 0.25) is 0 Å². The summed E-state index contributed by atoms with van der Waals surface area (Å²) in [4.78, 5) is 2.54. The maximum atomic E-state index is 3.44. The van der Waals surface area contributed by atoms with Crippen molar-refractivity contribution in [3.8, 4) is 0 Å². The minimum absolute atomic E-state index is 1.09. The summed E-state index contributed by atoms with van der Waals surface area (Å²) in [5.41, 5.74) is 6.83. The van der Waals surface area contributed by atoms with Crippen LogP contribution in [-0.2, 0) is 0 Å². The van der Waals surface area contributed by atoms with E-state index < -0.39 is 0 Å². The van der Waals surface area contributed by atoms with Gasteiger partial charge in [0.25, 0.3) is 0 Å². The van der Waals surface area contributed by atoms with Gasteiger partial charge in [-0.25, -0.2) is 0 Å². The van der Waals surface area contributed by atoms with Gasteiger partial charge in [-0.1, -0.05) is 72.4 Å². The molecule has 4 heteroatoms. The van der Waals surface area contributed by atoms with E-state index in [1.54, 1.807) is 11.8 Å². The van der Waals surface area contributed by atoms with E-state index in [-0.39, 0.29) is 0 Å². The number of hydrogen-bond donors (Lipinski definition) is 2. The van der Waals surface area contributed by atoms with Crippen molar-refractivity contribution in [1.29, 1.82) is 0 Å². The van der Waals surface area contributed by atoms with Crippen LogP contribution >= 0.6 is 23.5 Å². The maximum Gasteiger partial charge on any atom is 0.0384 e. The fraction of sp³-hybridized carbons (Fsp3) is 0. The maximum absolute atomic E-state index is 3.44. The van der Waals surface area contributed by atoms with Gasteiger partial charge in [0, 0.05) is 32.6 Å². The summed E-state index contributed by atoms with van der Waals surface area (Å²) in [7, 11) is 0. The molecule has 32 heavy (non-hydrogen) atoms. The number of hydrogen-bond acceptors (Lipinski definition) is 4. The molecule has 1 heterocycles. The van der Waals surface area contributed by atoms with Gasteiger partial charge in [0.1, 0.15) is 0 Å². The van der Waals surface area contributed by atoms with Crippen molar-refractivity contribution in [2.75, 3.05) is 10.6 Å². The van der Waals surface area contributed by atoms with Crippen LogP contribution in [0.25, 0.3) is 9.81 Å². The summed E-state index contributed by atoms with van der Waals surface area (Å²) in [6.45, 7) is 0. The third-order valence-electron chi connectivity index (χ3n) is 5.03. The molecule has 1 aliphatic heterocycles. The van der Waals surface area contributed by atoms with Crippen molar-refractivity contribution < 1.29 is 0 Å². The standard InChI is InChI=1S/C28H22N2S2/c1-3-7-23(8-4-1)29-25-15-11-21(12-16-25)27-19-31-20-28(32-27)22-13-17-26(18-14-22)30-24-9-5-2-6-10-24/h1-20,29-30H. The summed E-state index contributed by atoms with van der Waals surface area (Å²) in [5, 5.41) is 11.3. The van der Waals surface area contributed by atoms with Gasteiger partial charge in [0.15, 0.2) is 0 Å². The van der Waals surface area contributed by atoms with Crippen molar-refractivity contribution in [3.63, 3.8) is 0 Å². The smallest absolute Gasteiger partial charge is 0.0384 e. The Balaban J connectivity index is 1.24. The molecule has 5 rings (SSSR count). The fourth-order valence-electron chi connectivity index (χ4n) is 3.39. The first kappa shape index (κ1) is 20.6. The van der Waals surface area contributed by atoms with Crippen LogP contribution < -0.4 is 10.6 Å². The molecule has 0 fully saturated rings. The first-order chi connectivity index (χ1) is 15.8. The Bertz CT molecular complexity index is 1130. The van der Waals surface area contributed by atoms with Gasteiger partial charge in [-0.15, -0.1) is 11.8 Å². The second-order valence-corrected chi connectivity index (χ2v) is 9.17. The van der Waals surface area contributed by atoms with Gasteiger partial charge in [0.05, 0.1) is 0 Å². The van der Waals surface area contributed by atoms with Crippen LogP contribution in [0.4, 0.5) is 22.7 Å². The molecule has 0 aliphatic carbocycles. The zero-order valence-corrected chi connectivity index (χ0v) is 19.0.